The van der Waals surface area contributed by atoms with Crippen molar-refractivity contribution in [3.05, 3.63) is 23.8 Å². The van der Waals surface area contributed by atoms with Crippen molar-refractivity contribution < 1.29 is 19.5 Å². The van der Waals surface area contributed by atoms with E-state index in [1.165, 1.54) is 32.0 Å². The average molecular weight is 235 g/mol. The molecule has 6 heteroatoms. The fourth-order valence-electron chi connectivity index (χ4n) is 1.30. The number of carbonyl (C=O) groups is 3. The van der Waals surface area contributed by atoms with E-state index in [2.05, 4.69) is 10.6 Å². The average Bonchev–Trinajstić information content (AvgIpc) is 2.14. The Morgan fingerprint density at radius 1 is 0.941 bits per heavy atom. The number of rotatable bonds is 3. The van der Waals surface area contributed by atoms with Gasteiger partial charge in [-0.15, -0.1) is 0 Å². The van der Waals surface area contributed by atoms with Crippen LogP contribution in [0, 0.1) is 0 Å². The fraction of sp³-hybridized carbons (Fsp3) is 0.182. The molecule has 1 aromatic carbocycles. The van der Waals surface area contributed by atoms with Gasteiger partial charge in [0, 0.05) is 30.8 Å². The standard InChI is InChI=1S/C11H12N2O4/c1-6(14)12-9-3-8(11(16)17)4-10(5-9)13-7(2)15/h3-5H,1-2H3,(H,12,14)(H,13,15)(H,16,17)/p-1. The number of aromatic carboxylic acids is 1. The minimum atomic E-state index is -1.39. The van der Waals surface area contributed by atoms with Crippen LogP contribution in [-0.2, 0) is 9.59 Å². The summed E-state index contributed by atoms with van der Waals surface area (Å²) >= 11 is 0. The Labute approximate surface area is 97.6 Å². The van der Waals surface area contributed by atoms with Crippen LogP contribution in [0.2, 0.25) is 0 Å². The zero-order valence-corrected chi connectivity index (χ0v) is 9.37. The monoisotopic (exact) mass is 235 g/mol. The lowest BCUT2D eigenvalue weighted by Crippen LogP contribution is -2.23. The van der Waals surface area contributed by atoms with Gasteiger partial charge >= 0.3 is 0 Å². The van der Waals surface area contributed by atoms with Crippen molar-refractivity contribution >= 4 is 29.2 Å². The van der Waals surface area contributed by atoms with E-state index in [9.17, 15) is 19.5 Å². The van der Waals surface area contributed by atoms with Crippen molar-refractivity contribution in [1.29, 1.82) is 0 Å². The van der Waals surface area contributed by atoms with E-state index in [1.807, 2.05) is 0 Å². The molecule has 0 spiro atoms. The molecule has 0 heterocycles. The summed E-state index contributed by atoms with van der Waals surface area (Å²) in [6.45, 7) is 2.59. The minimum absolute atomic E-state index is 0.125. The lowest BCUT2D eigenvalue weighted by atomic mass is 10.1. The molecule has 0 aliphatic rings. The second-order valence-electron chi connectivity index (χ2n) is 3.45. The lowest BCUT2D eigenvalue weighted by molar-refractivity contribution is -0.255. The highest BCUT2D eigenvalue weighted by molar-refractivity contribution is 5.96. The van der Waals surface area contributed by atoms with Gasteiger partial charge in [0.1, 0.15) is 0 Å². The Kier molecular flexibility index (Phi) is 3.82. The molecular formula is C11H11N2O4-. The van der Waals surface area contributed by atoms with Gasteiger partial charge in [0.25, 0.3) is 0 Å². The van der Waals surface area contributed by atoms with E-state index in [0.717, 1.165) is 0 Å². The first-order valence-electron chi connectivity index (χ1n) is 4.80. The fourth-order valence-corrected chi connectivity index (χ4v) is 1.30. The van der Waals surface area contributed by atoms with Gasteiger partial charge < -0.3 is 20.5 Å². The van der Waals surface area contributed by atoms with Crippen molar-refractivity contribution in [1.82, 2.24) is 0 Å². The molecule has 0 aliphatic heterocycles. The first kappa shape index (κ1) is 12.7. The molecule has 0 aliphatic carbocycles. The molecule has 0 atom stereocenters. The topological polar surface area (TPSA) is 98.3 Å². The first-order chi connectivity index (χ1) is 7.88. The summed E-state index contributed by atoms with van der Waals surface area (Å²) in [6, 6.07) is 3.96. The predicted octanol–water partition coefficient (Wildman–Crippen LogP) is -0.0331. The summed E-state index contributed by atoms with van der Waals surface area (Å²) in [7, 11) is 0. The van der Waals surface area contributed by atoms with Crippen molar-refractivity contribution in [2.45, 2.75) is 13.8 Å². The second kappa shape index (κ2) is 5.11. The number of carboxylic acid groups (broad SMARTS) is 1. The summed E-state index contributed by atoms with van der Waals surface area (Å²) in [5.74, 6) is -2.06. The maximum absolute atomic E-state index is 10.9. The highest BCUT2D eigenvalue weighted by Gasteiger charge is 2.04. The number of anilines is 2. The van der Waals surface area contributed by atoms with Crippen LogP contribution in [0.5, 0.6) is 0 Å². The van der Waals surface area contributed by atoms with Crippen molar-refractivity contribution in [2.75, 3.05) is 10.6 Å². The number of carbonyl (C=O) groups excluding carboxylic acids is 3. The van der Waals surface area contributed by atoms with E-state index in [4.69, 9.17) is 0 Å². The Morgan fingerprint density at radius 3 is 1.65 bits per heavy atom. The highest BCUT2D eigenvalue weighted by Crippen LogP contribution is 2.18. The number of carboxylic acids is 1. The van der Waals surface area contributed by atoms with Crippen molar-refractivity contribution in [3.8, 4) is 0 Å². The molecule has 0 fully saturated rings. The number of amides is 2. The van der Waals surface area contributed by atoms with Gasteiger partial charge in [-0.1, -0.05) is 0 Å². The summed E-state index contributed by atoms with van der Waals surface area (Å²) in [4.78, 5) is 32.5. The van der Waals surface area contributed by atoms with Gasteiger partial charge in [0.05, 0.1) is 5.97 Å². The second-order valence-corrected chi connectivity index (χ2v) is 3.45. The third-order valence-corrected chi connectivity index (χ3v) is 1.81. The van der Waals surface area contributed by atoms with Crippen molar-refractivity contribution in [2.24, 2.45) is 0 Å². The van der Waals surface area contributed by atoms with E-state index >= 15 is 0 Å². The summed E-state index contributed by atoms with van der Waals surface area (Å²) < 4.78 is 0. The largest absolute Gasteiger partial charge is 0.545 e. The molecule has 0 radical (unpaired) electrons. The minimum Gasteiger partial charge on any atom is -0.545 e. The van der Waals surface area contributed by atoms with Gasteiger partial charge in [0.2, 0.25) is 11.8 Å². The number of benzene rings is 1. The van der Waals surface area contributed by atoms with Crippen LogP contribution in [0.4, 0.5) is 11.4 Å². The van der Waals surface area contributed by atoms with Crippen LogP contribution >= 0.6 is 0 Å². The third kappa shape index (κ3) is 3.94. The number of hydrogen-bond donors (Lipinski definition) is 2. The molecule has 0 unspecified atom stereocenters. The molecule has 17 heavy (non-hydrogen) atoms. The van der Waals surface area contributed by atoms with Crippen LogP contribution in [-0.4, -0.2) is 17.8 Å². The Balaban J connectivity index is 3.13. The Hall–Kier alpha value is -2.37. The number of hydrogen-bond acceptors (Lipinski definition) is 4. The van der Waals surface area contributed by atoms with E-state index in [0.29, 0.717) is 0 Å². The lowest BCUT2D eigenvalue weighted by Gasteiger charge is -2.10. The zero-order chi connectivity index (χ0) is 13.0. The van der Waals surface area contributed by atoms with E-state index in [-0.39, 0.29) is 28.8 Å². The Bertz CT molecular complexity index is 448. The summed E-state index contributed by atoms with van der Waals surface area (Å²) in [5, 5.41) is 15.6. The van der Waals surface area contributed by atoms with Gasteiger partial charge in [-0.25, -0.2) is 0 Å². The van der Waals surface area contributed by atoms with Crippen LogP contribution in [0.3, 0.4) is 0 Å². The van der Waals surface area contributed by atoms with Gasteiger partial charge in [-0.3, -0.25) is 9.59 Å². The molecule has 6 nitrogen and oxygen atoms in total. The van der Waals surface area contributed by atoms with Crippen LogP contribution < -0.4 is 15.7 Å². The van der Waals surface area contributed by atoms with Gasteiger partial charge in [-0.2, -0.15) is 0 Å². The van der Waals surface area contributed by atoms with Gasteiger partial charge in [0.15, 0.2) is 0 Å². The zero-order valence-electron chi connectivity index (χ0n) is 9.37. The van der Waals surface area contributed by atoms with E-state index < -0.39 is 5.97 Å². The first-order valence-corrected chi connectivity index (χ1v) is 4.80. The van der Waals surface area contributed by atoms with Crippen LogP contribution in [0.1, 0.15) is 24.2 Å². The third-order valence-electron chi connectivity index (χ3n) is 1.81. The summed E-state index contributed by atoms with van der Waals surface area (Å²) in [6.07, 6.45) is 0. The quantitative estimate of drug-likeness (QED) is 0.768. The smallest absolute Gasteiger partial charge is 0.221 e. The molecular weight excluding hydrogens is 224 g/mol. The van der Waals surface area contributed by atoms with Crippen LogP contribution in [0.25, 0.3) is 0 Å². The normalized spacial score (nSPS) is 9.53. The maximum atomic E-state index is 10.9. The molecule has 0 saturated carbocycles. The molecule has 90 valence electrons. The Morgan fingerprint density at radius 2 is 1.35 bits per heavy atom. The number of nitrogens with one attached hydrogen (secondary N) is 2. The molecule has 1 rings (SSSR count). The molecule has 0 aromatic heterocycles. The highest BCUT2D eigenvalue weighted by atomic mass is 16.4. The van der Waals surface area contributed by atoms with Gasteiger partial charge in [-0.05, 0) is 18.2 Å². The maximum Gasteiger partial charge on any atom is 0.221 e. The van der Waals surface area contributed by atoms with Crippen molar-refractivity contribution in [3.63, 3.8) is 0 Å². The molecule has 0 bridgehead atoms. The molecule has 1 aromatic rings. The molecule has 2 N–H and O–H groups in total. The SMILES string of the molecule is CC(=O)Nc1cc(NC(C)=O)cc(C(=O)[O-])c1. The van der Waals surface area contributed by atoms with E-state index in [1.54, 1.807) is 0 Å². The molecule has 0 saturated heterocycles. The summed E-state index contributed by atoms with van der Waals surface area (Å²) in [5.41, 5.74) is 0.436. The predicted molar refractivity (Wildman–Crippen MR) is 59.4 cm³/mol. The molecule has 2 amide bonds. The van der Waals surface area contributed by atoms with Crippen LogP contribution in [0.15, 0.2) is 18.2 Å².